The third-order valence-electron chi connectivity index (χ3n) is 9.13. The Morgan fingerprint density at radius 1 is 1.07 bits per heavy atom. The molecule has 0 spiro atoms. The van der Waals surface area contributed by atoms with Crippen LogP contribution in [-0.2, 0) is 13.1 Å². The van der Waals surface area contributed by atoms with Gasteiger partial charge in [0, 0.05) is 22.5 Å². The minimum atomic E-state index is -1.12. The SMILES string of the molecule is O=C(O)c1ccc2nc(CN3CCC(c4cccc5c4O[C@H](c4ccc(Cl)cc4F)C=C5F)CC3)n(CC3(CF)CC3)c2n1. The first kappa shape index (κ1) is 28.9. The number of pyridine rings is 1. The first-order chi connectivity index (χ1) is 21.2. The number of ether oxygens (including phenoxy) is 1. The molecule has 1 saturated heterocycles. The largest absolute Gasteiger partial charge is 0.480 e. The number of rotatable bonds is 8. The molecule has 0 bridgehead atoms. The van der Waals surface area contributed by atoms with Gasteiger partial charge in [-0.1, -0.05) is 29.8 Å². The van der Waals surface area contributed by atoms with Crippen LogP contribution in [0.3, 0.4) is 0 Å². The predicted molar refractivity (Wildman–Crippen MR) is 160 cm³/mol. The summed E-state index contributed by atoms with van der Waals surface area (Å²) in [5.41, 5.74) is 2.00. The Labute approximate surface area is 256 Å². The summed E-state index contributed by atoms with van der Waals surface area (Å²) in [7, 11) is 0. The van der Waals surface area contributed by atoms with Crippen LogP contribution in [0.15, 0.2) is 54.6 Å². The van der Waals surface area contributed by atoms with Gasteiger partial charge >= 0.3 is 5.97 Å². The molecule has 44 heavy (non-hydrogen) atoms. The molecule has 2 fully saturated rings. The number of carbonyl (C=O) groups is 1. The van der Waals surface area contributed by atoms with Crippen LogP contribution in [0.25, 0.3) is 17.0 Å². The zero-order valence-corrected chi connectivity index (χ0v) is 24.5. The molecule has 1 saturated carbocycles. The van der Waals surface area contributed by atoms with E-state index in [9.17, 15) is 18.7 Å². The molecule has 3 aliphatic rings. The third-order valence-corrected chi connectivity index (χ3v) is 9.37. The maximum atomic E-state index is 15.3. The summed E-state index contributed by atoms with van der Waals surface area (Å²) in [5.74, 6) is -0.864. The third kappa shape index (κ3) is 5.34. The van der Waals surface area contributed by atoms with Gasteiger partial charge in [0.1, 0.15) is 34.8 Å². The highest BCUT2D eigenvalue weighted by Gasteiger charge is 2.44. The van der Waals surface area contributed by atoms with E-state index >= 15 is 4.39 Å². The molecule has 4 aromatic rings. The van der Waals surface area contributed by atoms with Crippen LogP contribution in [0.5, 0.6) is 5.75 Å². The monoisotopic (exact) mass is 622 g/mol. The zero-order valence-electron chi connectivity index (χ0n) is 23.8. The molecule has 0 radical (unpaired) electrons. The van der Waals surface area contributed by atoms with Crippen LogP contribution >= 0.6 is 11.6 Å². The van der Waals surface area contributed by atoms with Crippen molar-refractivity contribution in [2.45, 2.75) is 50.8 Å². The molecule has 4 heterocycles. The fourth-order valence-corrected chi connectivity index (χ4v) is 6.53. The van der Waals surface area contributed by atoms with E-state index in [0.29, 0.717) is 35.6 Å². The summed E-state index contributed by atoms with van der Waals surface area (Å²) in [6, 6.07) is 12.8. The summed E-state index contributed by atoms with van der Waals surface area (Å²) in [6.07, 6.45) is 3.48. The Hall–Kier alpha value is -3.89. The molecule has 7 rings (SSSR count). The Kier molecular flexibility index (Phi) is 7.37. The quantitative estimate of drug-likeness (QED) is 0.219. The number of carboxylic acid groups (broad SMARTS) is 1. The van der Waals surface area contributed by atoms with E-state index in [0.717, 1.165) is 50.2 Å². The van der Waals surface area contributed by atoms with Crippen LogP contribution in [0.4, 0.5) is 13.2 Å². The van der Waals surface area contributed by atoms with Crippen LogP contribution in [0, 0.1) is 11.2 Å². The highest BCUT2D eigenvalue weighted by Crippen LogP contribution is 2.48. The lowest BCUT2D eigenvalue weighted by Gasteiger charge is -2.34. The number of nitrogens with zero attached hydrogens (tertiary/aromatic N) is 4. The van der Waals surface area contributed by atoms with Gasteiger partial charge in [0.2, 0.25) is 0 Å². The van der Waals surface area contributed by atoms with Crippen molar-refractivity contribution >= 4 is 34.6 Å². The van der Waals surface area contributed by atoms with Gasteiger partial charge in [0.15, 0.2) is 11.3 Å². The topological polar surface area (TPSA) is 80.5 Å². The molecule has 1 N–H and O–H groups in total. The fraction of sp³-hybridized carbons (Fsp3) is 0.364. The maximum absolute atomic E-state index is 15.3. The summed E-state index contributed by atoms with van der Waals surface area (Å²) < 4.78 is 52.0. The molecule has 1 aliphatic carbocycles. The van der Waals surface area contributed by atoms with Crippen molar-refractivity contribution < 1.29 is 27.8 Å². The van der Waals surface area contributed by atoms with Gasteiger partial charge < -0.3 is 14.4 Å². The zero-order chi connectivity index (χ0) is 30.6. The van der Waals surface area contributed by atoms with Crippen LogP contribution in [-0.4, -0.2) is 50.3 Å². The van der Waals surface area contributed by atoms with E-state index in [4.69, 9.17) is 21.3 Å². The molecule has 11 heteroatoms. The fourth-order valence-electron chi connectivity index (χ4n) is 6.37. The van der Waals surface area contributed by atoms with E-state index < -0.39 is 35.8 Å². The number of likely N-dealkylation sites (tertiary alicyclic amines) is 1. The van der Waals surface area contributed by atoms with Crippen LogP contribution in [0.1, 0.15) is 70.7 Å². The van der Waals surface area contributed by atoms with E-state index in [2.05, 4.69) is 9.88 Å². The van der Waals surface area contributed by atoms with Crippen molar-refractivity contribution in [1.29, 1.82) is 0 Å². The highest BCUT2D eigenvalue weighted by atomic mass is 35.5. The number of hydrogen-bond donors (Lipinski definition) is 1. The van der Waals surface area contributed by atoms with Gasteiger partial charge in [-0.05, 0) is 86.7 Å². The van der Waals surface area contributed by atoms with E-state index in [-0.39, 0.29) is 22.2 Å². The molecule has 228 valence electrons. The van der Waals surface area contributed by atoms with Crippen molar-refractivity contribution in [1.82, 2.24) is 19.4 Å². The van der Waals surface area contributed by atoms with Gasteiger partial charge in [-0.25, -0.2) is 23.5 Å². The number of imidazole rings is 1. The first-order valence-electron chi connectivity index (χ1n) is 14.7. The number of aromatic carboxylic acids is 1. The second kappa shape index (κ2) is 11.2. The highest BCUT2D eigenvalue weighted by molar-refractivity contribution is 6.30. The Morgan fingerprint density at radius 2 is 1.86 bits per heavy atom. The number of aromatic nitrogens is 3. The second-order valence-electron chi connectivity index (χ2n) is 12.1. The van der Waals surface area contributed by atoms with Gasteiger partial charge in [-0.15, -0.1) is 0 Å². The molecular formula is C33H30ClF3N4O3. The van der Waals surface area contributed by atoms with E-state index in [1.165, 1.54) is 24.3 Å². The van der Waals surface area contributed by atoms with Gasteiger partial charge in [-0.3, -0.25) is 9.29 Å². The Morgan fingerprint density at radius 3 is 2.57 bits per heavy atom. The van der Waals surface area contributed by atoms with Crippen LogP contribution in [0.2, 0.25) is 5.02 Å². The minimum Gasteiger partial charge on any atom is -0.480 e. The number of piperidine rings is 1. The van der Waals surface area contributed by atoms with Crippen LogP contribution < -0.4 is 4.74 Å². The molecule has 2 aromatic heterocycles. The predicted octanol–water partition coefficient (Wildman–Crippen LogP) is 7.50. The number of fused-ring (bicyclic) bond motifs is 2. The van der Waals surface area contributed by atoms with Gasteiger partial charge in [0.05, 0.1) is 18.8 Å². The smallest absolute Gasteiger partial charge is 0.354 e. The van der Waals surface area contributed by atoms with Crippen molar-refractivity contribution in [3.63, 3.8) is 0 Å². The second-order valence-corrected chi connectivity index (χ2v) is 12.5. The van der Waals surface area contributed by atoms with Crippen molar-refractivity contribution in [3.8, 4) is 5.75 Å². The molecular weight excluding hydrogens is 593 g/mol. The maximum Gasteiger partial charge on any atom is 0.354 e. The molecule has 0 amide bonds. The van der Waals surface area contributed by atoms with Crippen molar-refractivity contribution in [2.24, 2.45) is 5.41 Å². The first-order valence-corrected chi connectivity index (χ1v) is 15.1. The van der Waals surface area contributed by atoms with E-state index in [1.54, 1.807) is 18.2 Å². The number of para-hydroxylation sites is 1. The number of halogens is 4. The number of alkyl halides is 1. The summed E-state index contributed by atoms with van der Waals surface area (Å²) in [6.45, 7) is 1.93. The molecule has 2 aromatic carbocycles. The summed E-state index contributed by atoms with van der Waals surface area (Å²) in [4.78, 5) is 23.0. The average Bonchev–Trinajstić information content (AvgIpc) is 3.72. The standard InChI is InChI=1S/C33H30ClF3N4O3/c34-20-4-5-22(24(36)14-20)28-15-25(37)23-3-1-2-21(30(23)44-28)19-8-12-40(13-9-19)16-29-38-26-6-7-27(32(42)43)39-31(26)41(29)18-33(17-35)10-11-33/h1-7,14-15,19,28H,8-13,16-18H2,(H,42,43)/t28-/m0/s1. The summed E-state index contributed by atoms with van der Waals surface area (Å²) in [5, 5.41) is 9.74. The van der Waals surface area contributed by atoms with Crippen molar-refractivity contribution in [2.75, 3.05) is 19.8 Å². The Bertz CT molecular complexity index is 1800. The lowest BCUT2D eigenvalue weighted by molar-refractivity contribution is 0.0690. The lowest BCUT2D eigenvalue weighted by atomic mass is 9.86. The number of hydrogen-bond acceptors (Lipinski definition) is 5. The normalized spacial score (nSPS) is 19.8. The number of benzene rings is 2. The van der Waals surface area contributed by atoms with Crippen molar-refractivity contribution in [3.05, 3.63) is 93.7 Å². The minimum absolute atomic E-state index is 0.0724. The number of carboxylic acids is 1. The lowest BCUT2D eigenvalue weighted by Crippen LogP contribution is -2.34. The van der Waals surface area contributed by atoms with Gasteiger partial charge in [0.25, 0.3) is 0 Å². The molecule has 2 aliphatic heterocycles. The molecule has 0 unspecified atom stereocenters. The average molecular weight is 623 g/mol. The molecule has 7 nitrogen and oxygen atoms in total. The van der Waals surface area contributed by atoms with Gasteiger partial charge in [-0.2, -0.15) is 0 Å². The van der Waals surface area contributed by atoms with E-state index in [1.807, 2.05) is 16.7 Å². The summed E-state index contributed by atoms with van der Waals surface area (Å²) >= 11 is 5.92. The Balaban J connectivity index is 1.10. The molecule has 1 atom stereocenters.